The van der Waals surface area contributed by atoms with E-state index in [1.54, 1.807) is 32.9 Å². The Labute approximate surface area is 144 Å². The zero-order valence-electron chi connectivity index (χ0n) is 14.5. The summed E-state index contributed by atoms with van der Waals surface area (Å²) in [5.41, 5.74) is 0.680. The lowest BCUT2D eigenvalue weighted by Crippen LogP contribution is -2.48. The van der Waals surface area contributed by atoms with Crippen LogP contribution in [0.15, 0.2) is 33.5 Å². The van der Waals surface area contributed by atoms with Crippen LogP contribution >= 0.6 is 0 Å². The average molecular weight is 347 g/mol. The molecule has 1 aromatic carbocycles. The standard InChI is InChI=1S/C18H21NO6/c1-9(2)16(18(22)23)19-17(21)11(4)24-12-5-6-13-10(3)7-15(20)25-14(13)8-12/h5-9,11,16H,1-4H3,(H,19,21)(H,22,23). The molecule has 1 heterocycles. The molecule has 2 unspecified atom stereocenters. The van der Waals surface area contributed by atoms with Crippen LogP contribution in [0.4, 0.5) is 0 Å². The van der Waals surface area contributed by atoms with Crippen LogP contribution in [-0.4, -0.2) is 29.1 Å². The van der Waals surface area contributed by atoms with Crippen LogP contribution in [0, 0.1) is 12.8 Å². The first kappa shape index (κ1) is 18.5. The van der Waals surface area contributed by atoms with Crippen LogP contribution in [0.2, 0.25) is 0 Å². The first-order chi connectivity index (χ1) is 11.7. The molecule has 1 aromatic heterocycles. The number of hydrogen-bond acceptors (Lipinski definition) is 5. The van der Waals surface area contributed by atoms with Crippen molar-refractivity contribution in [2.75, 3.05) is 0 Å². The molecule has 0 aliphatic carbocycles. The van der Waals surface area contributed by atoms with Gasteiger partial charge in [0.1, 0.15) is 17.4 Å². The molecular formula is C18H21NO6. The fourth-order valence-corrected chi connectivity index (χ4v) is 2.42. The van der Waals surface area contributed by atoms with Crippen LogP contribution < -0.4 is 15.7 Å². The van der Waals surface area contributed by atoms with Crippen LogP contribution in [-0.2, 0) is 9.59 Å². The van der Waals surface area contributed by atoms with Gasteiger partial charge in [0, 0.05) is 17.5 Å². The summed E-state index contributed by atoms with van der Waals surface area (Å²) in [6.45, 7) is 6.73. The number of carbonyl (C=O) groups excluding carboxylic acids is 1. The summed E-state index contributed by atoms with van der Waals surface area (Å²) in [6, 6.07) is 5.34. The van der Waals surface area contributed by atoms with Gasteiger partial charge in [-0.3, -0.25) is 4.79 Å². The lowest BCUT2D eigenvalue weighted by Gasteiger charge is -2.21. The largest absolute Gasteiger partial charge is 0.481 e. The monoisotopic (exact) mass is 347 g/mol. The summed E-state index contributed by atoms with van der Waals surface area (Å²) in [4.78, 5) is 34.8. The second-order valence-corrected chi connectivity index (χ2v) is 6.24. The lowest BCUT2D eigenvalue weighted by atomic mass is 10.0. The molecule has 7 heteroatoms. The fraction of sp³-hybridized carbons (Fsp3) is 0.389. The van der Waals surface area contributed by atoms with E-state index in [0.29, 0.717) is 11.3 Å². The van der Waals surface area contributed by atoms with E-state index in [1.165, 1.54) is 19.1 Å². The normalized spacial score (nSPS) is 13.5. The van der Waals surface area contributed by atoms with Crippen molar-refractivity contribution in [3.05, 3.63) is 40.2 Å². The van der Waals surface area contributed by atoms with E-state index in [-0.39, 0.29) is 5.92 Å². The van der Waals surface area contributed by atoms with Crippen LogP contribution in [0.3, 0.4) is 0 Å². The second kappa shape index (κ2) is 7.38. The molecule has 0 saturated carbocycles. The molecule has 0 aliphatic heterocycles. The Kier molecular flexibility index (Phi) is 5.46. The number of aryl methyl sites for hydroxylation is 1. The van der Waals surface area contributed by atoms with Gasteiger partial charge >= 0.3 is 11.6 Å². The van der Waals surface area contributed by atoms with Gasteiger partial charge in [0.05, 0.1) is 0 Å². The number of nitrogens with one attached hydrogen (secondary N) is 1. The summed E-state index contributed by atoms with van der Waals surface area (Å²) in [5.74, 6) is -1.54. The third kappa shape index (κ3) is 4.37. The van der Waals surface area contributed by atoms with Crippen molar-refractivity contribution in [3.63, 3.8) is 0 Å². The zero-order chi connectivity index (χ0) is 18.7. The number of carbonyl (C=O) groups is 2. The third-order valence-electron chi connectivity index (χ3n) is 3.84. The van der Waals surface area contributed by atoms with E-state index in [2.05, 4.69) is 5.32 Å². The first-order valence-corrected chi connectivity index (χ1v) is 7.93. The van der Waals surface area contributed by atoms with Crippen molar-refractivity contribution < 1.29 is 23.8 Å². The topological polar surface area (TPSA) is 106 Å². The number of rotatable bonds is 6. The van der Waals surface area contributed by atoms with E-state index in [0.717, 1.165) is 10.9 Å². The van der Waals surface area contributed by atoms with Crippen molar-refractivity contribution in [3.8, 4) is 5.75 Å². The maximum Gasteiger partial charge on any atom is 0.336 e. The molecular weight excluding hydrogens is 326 g/mol. The van der Waals surface area contributed by atoms with E-state index in [9.17, 15) is 14.4 Å². The second-order valence-electron chi connectivity index (χ2n) is 6.24. The number of benzene rings is 1. The Morgan fingerprint density at radius 2 is 1.88 bits per heavy atom. The Bertz CT molecular complexity index is 854. The smallest absolute Gasteiger partial charge is 0.336 e. The molecule has 2 atom stereocenters. The quantitative estimate of drug-likeness (QED) is 0.775. The Balaban J connectivity index is 2.15. The van der Waals surface area contributed by atoms with Crippen LogP contribution in [0.1, 0.15) is 26.3 Å². The van der Waals surface area contributed by atoms with Gasteiger partial charge in [-0.15, -0.1) is 0 Å². The van der Waals surface area contributed by atoms with Crippen molar-refractivity contribution in [1.82, 2.24) is 5.32 Å². The summed E-state index contributed by atoms with van der Waals surface area (Å²) in [6.07, 6.45) is -0.908. The molecule has 0 saturated heterocycles. The lowest BCUT2D eigenvalue weighted by molar-refractivity contribution is -0.144. The van der Waals surface area contributed by atoms with Gasteiger partial charge in [-0.05, 0) is 37.5 Å². The highest BCUT2D eigenvalue weighted by molar-refractivity contribution is 5.86. The van der Waals surface area contributed by atoms with Gasteiger partial charge in [-0.1, -0.05) is 13.8 Å². The van der Waals surface area contributed by atoms with Crippen molar-refractivity contribution in [2.45, 2.75) is 39.8 Å². The Morgan fingerprint density at radius 1 is 1.20 bits per heavy atom. The number of aliphatic carboxylic acids is 1. The predicted molar refractivity (Wildman–Crippen MR) is 91.7 cm³/mol. The third-order valence-corrected chi connectivity index (χ3v) is 3.84. The molecule has 0 fully saturated rings. The molecule has 0 spiro atoms. The number of amides is 1. The Morgan fingerprint density at radius 3 is 2.48 bits per heavy atom. The minimum absolute atomic E-state index is 0.258. The zero-order valence-corrected chi connectivity index (χ0v) is 14.5. The molecule has 134 valence electrons. The molecule has 2 aromatic rings. The van der Waals surface area contributed by atoms with E-state index in [1.807, 2.05) is 0 Å². The van der Waals surface area contributed by atoms with Crippen molar-refractivity contribution in [1.29, 1.82) is 0 Å². The summed E-state index contributed by atoms with van der Waals surface area (Å²) in [5, 5.41) is 12.4. The number of carboxylic acid groups (broad SMARTS) is 1. The molecule has 0 radical (unpaired) electrons. The molecule has 2 N–H and O–H groups in total. The SMILES string of the molecule is Cc1cc(=O)oc2cc(OC(C)C(=O)NC(C(=O)O)C(C)C)ccc12. The number of ether oxygens (including phenoxy) is 1. The number of hydrogen-bond donors (Lipinski definition) is 2. The Hall–Kier alpha value is -2.83. The van der Waals surface area contributed by atoms with Gasteiger partial charge in [0.2, 0.25) is 0 Å². The minimum atomic E-state index is -1.10. The molecule has 1 amide bonds. The van der Waals surface area contributed by atoms with Gasteiger partial charge in [0.25, 0.3) is 5.91 Å². The van der Waals surface area contributed by atoms with Gasteiger partial charge in [-0.25, -0.2) is 9.59 Å². The number of carboxylic acids is 1. The maximum atomic E-state index is 12.2. The summed E-state index contributed by atoms with van der Waals surface area (Å²) in [7, 11) is 0. The van der Waals surface area contributed by atoms with Crippen LogP contribution in [0.25, 0.3) is 11.0 Å². The highest BCUT2D eigenvalue weighted by Crippen LogP contribution is 2.23. The minimum Gasteiger partial charge on any atom is -0.481 e. The highest BCUT2D eigenvalue weighted by atomic mass is 16.5. The molecule has 0 aliphatic rings. The van der Waals surface area contributed by atoms with E-state index in [4.69, 9.17) is 14.3 Å². The summed E-state index contributed by atoms with van der Waals surface area (Å²) >= 11 is 0. The van der Waals surface area contributed by atoms with E-state index < -0.39 is 29.6 Å². The van der Waals surface area contributed by atoms with Crippen LogP contribution in [0.5, 0.6) is 5.75 Å². The fourth-order valence-electron chi connectivity index (χ4n) is 2.42. The van der Waals surface area contributed by atoms with Crippen molar-refractivity contribution in [2.24, 2.45) is 5.92 Å². The van der Waals surface area contributed by atoms with Crippen molar-refractivity contribution >= 4 is 22.8 Å². The van der Waals surface area contributed by atoms with Gasteiger partial charge in [-0.2, -0.15) is 0 Å². The summed E-state index contributed by atoms with van der Waals surface area (Å²) < 4.78 is 10.7. The molecule has 0 bridgehead atoms. The predicted octanol–water partition coefficient (Wildman–Crippen LogP) is 2.09. The highest BCUT2D eigenvalue weighted by Gasteiger charge is 2.26. The van der Waals surface area contributed by atoms with Gasteiger partial charge < -0.3 is 19.6 Å². The van der Waals surface area contributed by atoms with E-state index >= 15 is 0 Å². The molecule has 25 heavy (non-hydrogen) atoms. The molecule has 2 rings (SSSR count). The first-order valence-electron chi connectivity index (χ1n) is 7.93. The average Bonchev–Trinajstić information content (AvgIpc) is 2.50. The maximum absolute atomic E-state index is 12.2. The van der Waals surface area contributed by atoms with Gasteiger partial charge in [0.15, 0.2) is 6.10 Å². The molecule has 7 nitrogen and oxygen atoms in total. The number of fused-ring (bicyclic) bond motifs is 1.